The molecule has 18 heavy (non-hydrogen) atoms. The lowest BCUT2D eigenvalue weighted by atomic mass is 10.2. The predicted octanol–water partition coefficient (Wildman–Crippen LogP) is 1.65. The second kappa shape index (κ2) is 7.01. The van der Waals surface area contributed by atoms with Crippen LogP contribution in [0, 0.1) is 0 Å². The molecule has 0 saturated heterocycles. The van der Waals surface area contributed by atoms with Crippen LogP contribution < -0.4 is 10.1 Å². The maximum Gasteiger partial charge on any atom is 0.260 e. The molecule has 0 unspecified atom stereocenters. The van der Waals surface area contributed by atoms with Gasteiger partial charge in [-0.15, -0.1) is 0 Å². The lowest BCUT2D eigenvalue weighted by Crippen LogP contribution is -2.36. The maximum absolute atomic E-state index is 11.8. The average Bonchev–Trinajstić information content (AvgIpc) is 2.36. The predicted molar refractivity (Wildman–Crippen MR) is 72.6 cm³/mol. The first-order chi connectivity index (χ1) is 8.54. The number of ether oxygens (including phenoxy) is 1. The molecule has 0 spiro atoms. The number of hydrogen-bond acceptors (Lipinski definition) is 3. The summed E-state index contributed by atoms with van der Waals surface area (Å²) in [5.41, 5.74) is 1.14. The van der Waals surface area contributed by atoms with Crippen molar-refractivity contribution < 1.29 is 9.53 Å². The SMILES string of the molecule is CNCc1cccc(OCC(=O)N(C)C(C)C)c1. The maximum atomic E-state index is 11.8. The molecule has 100 valence electrons. The standard InChI is InChI=1S/C14H22N2O2/c1-11(2)16(4)14(17)10-18-13-7-5-6-12(8-13)9-15-3/h5-8,11,15H,9-10H2,1-4H3. The van der Waals surface area contributed by atoms with Crippen LogP contribution in [0.25, 0.3) is 0 Å². The molecule has 0 fully saturated rings. The normalized spacial score (nSPS) is 10.5. The average molecular weight is 250 g/mol. The second-order valence-corrected chi connectivity index (χ2v) is 4.56. The van der Waals surface area contributed by atoms with Gasteiger partial charge in [-0.1, -0.05) is 12.1 Å². The van der Waals surface area contributed by atoms with E-state index in [0.717, 1.165) is 17.9 Å². The third kappa shape index (κ3) is 4.37. The molecule has 1 N–H and O–H groups in total. The van der Waals surface area contributed by atoms with Gasteiger partial charge >= 0.3 is 0 Å². The summed E-state index contributed by atoms with van der Waals surface area (Å²) in [5.74, 6) is 0.720. The van der Waals surface area contributed by atoms with E-state index in [9.17, 15) is 4.79 Å². The molecule has 0 radical (unpaired) electrons. The van der Waals surface area contributed by atoms with Crippen molar-refractivity contribution in [3.63, 3.8) is 0 Å². The number of nitrogens with one attached hydrogen (secondary N) is 1. The Kier molecular flexibility index (Phi) is 5.65. The highest BCUT2D eigenvalue weighted by Crippen LogP contribution is 2.13. The fraction of sp³-hybridized carbons (Fsp3) is 0.500. The first-order valence-corrected chi connectivity index (χ1v) is 6.16. The summed E-state index contributed by atoms with van der Waals surface area (Å²) in [6.07, 6.45) is 0. The van der Waals surface area contributed by atoms with Gasteiger partial charge in [0, 0.05) is 19.6 Å². The van der Waals surface area contributed by atoms with Gasteiger partial charge in [-0.2, -0.15) is 0 Å². The Labute approximate surface area is 109 Å². The zero-order valence-corrected chi connectivity index (χ0v) is 11.6. The Bertz CT molecular complexity index is 391. The molecule has 4 heteroatoms. The van der Waals surface area contributed by atoms with Crippen LogP contribution in [0.5, 0.6) is 5.75 Å². The smallest absolute Gasteiger partial charge is 0.260 e. The highest BCUT2D eigenvalue weighted by molar-refractivity contribution is 5.77. The van der Waals surface area contributed by atoms with Gasteiger partial charge in [-0.05, 0) is 38.6 Å². The Hall–Kier alpha value is -1.55. The highest BCUT2D eigenvalue weighted by atomic mass is 16.5. The van der Waals surface area contributed by atoms with Crippen molar-refractivity contribution in [1.29, 1.82) is 0 Å². The molecule has 0 aliphatic heterocycles. The molecule has 0 bridgehead atoms. The molecule has 1 aromatic carbocycles. The van der Waals surface area contributed by atoms with Gasteiger partial charge in [0.25, 0.3) is 5.91 Å². The third-order valence-electron chi connectivity index (χ3n) is 2.81. The fourth-order valence-corrected chi connectivity index (χ4v) is 1.48. The molecular weight excluding hydrogens is 228 g/mol. The first-order valence-electron chi connectivity index (χ1n) is 6.16. The summed E-state index contributed by atoms with van der Waals surface area (Å²) >= 11 is 0. The lowest BCUT2D eigenvalue weighted by Gasteiger charge is -2.21. The summed E-state index contributed by atoms with van der Waals surface area (Å²) in [7, 11) is 3.68. The van der Waals surface area contributed by atoms with Crippen molar-refractivity contribution in [1.82, 2.24) is 10.2 Å². The molecule has 4 nitrogen and oxygen atoms in total. The summed E-state index contributed by atoms with van der Waals surface area (Å²) < 4.78 is 5.51. The number of nitrogens with zero attached hydrogens (tertiary/aromatic N) is 1. The number of hydrogen-bond donors (Lipinski definition) is 1. The van der Waals surface area contributed by atoms with Crippen LogP contribution in [-0.2, 0) is 11.3 Å². The molecule has 0 heterocycles. The zero-order valence-electron chi connectivity index (χ0n) is 11.6. The summed E-state index contributed by atoms with van der Waals surface area (Å²) in [6, 6.07) is 7.95. The van der Waals surface area contributed by atoms with Gasteiger partial charge in [0.05, 0.1) is 0 Å². The molecule has 0 aromatic heterocycles. The van der Waals surface area contributed by atoms with Crippen molar-refractivity contribution in [2.24, 2.45) is 0 Å². The molecule has 1 aromatic rings. The first kappa shape index (κ1) is 14.5. The van der Waals surface area contributed by atoms with E-state index in [-0.39, 0.29) is 18.6 Å². The minimum Gasteiger partial charge on any atom is -0.484 e. The molecule has 0 aliphatic rings. The van der Waals surface area contributed by atoms with E-state index in [2.05, 4.69) is 5.32 Å². The molecule has 0 atom stereocenters. The number of rotatable bonds is 6. The van der Waals surface area contributed by atoms with E-state index >= 15 is 0 Å². The van der Waals surface area contributed by atoms with Crippen molar-refractivity contribution in [2.45, 2.75) is 26.4 Å². The summed E-state index contributed by atoms with van der Waals surface area (Å²) in [6.45, 7) is 4.83. The largest absolute Gasteiger partial charge is 0.484 e. The molecule has 0 aliphatic carbocycles. The molecule has 1 amide bonds. The molecule has 1 rings (SSSR count). The van der Waals surface area contributed by atoms with Gasteiger partial charge < -0.3 is 15.0 Å². The van der Waals surface area contributed by atoms with E-state index in [0.29, 0.717) is 0 Å². The Balaban J connectivity index is 2.53. The lowest BCUT2D eigenvalue weighted by molar-refractivity contribution is -0.133. The van der Waals surface area contributed by atoms with Crippen molar-refractivity contribution >= 4 is 5.91 Å². The Morgan fingerprint density at radius 3 is 2.78 bits per heavy atom. The van der Waals surface area contributed by atoms with Crippen LogP contribution in [0.1, 0.15) is 19.4 Å². The zero-order chi connectivity index (χ0) is 13.5. The van der Waals surface area contributed by atoms with E-state index in [1.54, 1.807) is 11.9 Å². The second-order valence-electron chi connectivity index (χ2n) is 4.56. The van der Waals surface area contributed by atoms with Crippen LogP contribution in [0.2, 0.25) is 0 Å². The third-order valence-corrected chi connectivity index (χ3v) is 2.81. The summed E-state index contributed by atoms with van der Waals surface area (Å²) in [5, 5.41) is 3.08. The van der Waals surface area contributed by atoms with Gasteiger partial charge in [-0.25, -0.2) is 0 Å². The molecule has 0 saturated carbocycles. The number of carbonyl (C=O) groups excluding carboxylic acids is 1. The van der Waals surface area contributed by atoms with Crippen molar-refractivity contribution in [3.05, 3.63) is 29.8 Å². The number of benzene rings is 1. The van der Waals surface area contributed by atoms with Crippen LogP contribution >= 0.6 is 0 Å². The summed E-state index contributed by atoms with van der Waals surface area (Å²) in [4.78, 5) is 13.4. The number of carbonyl (C=O) groups is 1. The minimum absolute atomic E-state index is 0.0102. The van der Waals surface area contributed by atoms with Crippen LogP contribution in [0.4, 0.5) is 0 Å². The van der Waals surface area contributed by atoms with E-state index in [1.807, 2.05) is 45.2 Å². The topological polar surface area (TPSA) is 41.6 Å². The Morgan fingerprint density at radius 2 is 2.17 bits per heavy atom. The number of amides is 1. The van der Waals surface area contributed by atoms with Crippen LogP contribution in [0.15, 0.2) is 24.3 Å². The van der Waals surface area contributed by atoms with Gasteiger partial charge in [0.15, 0.2) is 6.61 Å². The Morgan fingerprint density at radius 1 is 1.44 bits per heavy atom. The van der Waals surface area contributed by atoms with Gasteiger partial charge in [-0.3, -0.25) is 4.79 Å². The number of likely N-dealkylation sites (N-methyl/N-ethyl adjacent to an activating group) is 1. The van der Waals surface area contributed by atoms with E-state index in [4.69, 9.17) is 4.74 Å². The van der Waals surface area contributed by atoms with Crippen molar-refractivity contribution in [3.8, 4) is 5.75 Å². The fourth-order valence-electron chi connectivity index (χ4n) is 1.48. The molecular formula is C14H22N2O2. The van der Waals surface area contributed by atoms with E-state index < -0.39 is 0 Å². The van der Waals surface area contributed by atoms with Crippen LogP contribution in [-0.4, -0.2) is 37.6 Å². The van der Waals surface area contributed by atoms with Crippen molar-refractivity contribution in [2.75, 3.05) is 20.7 Å². The highest BCUT2D eigenvalue weighted by Gasteiger charge is 2.12. The quantitative estimate of drug-likeness (QED) is 0.834. The van der Waals surface area contributed by atoms with Gasteiger partial charge in [0.1, 0.15) is 5.75 Å². The van der Waals surface area contributed by atoms with Gasteiger partial charge in [0.2, 0.25) is 0 Å². The monoisotopic (exact) mass is 250 g/mol. The minimum atomic E-state index is -0.0102. The van der Waals surface area contributed by atoms with Crippen LogP contribution in [0.3, 0.4) is 0 Å². The van der Waals surface area contributed by atoms with E-state index in [1.165, 1.54) is 0 Å².